The lowest BCUT2D eigenvalue weighted by atomic mass is 10.1. The normalized spacial score (nSPS) is 19.3. The van der Waals surface area contributed by atoms with E-state index in [1.165, 1.54) is 14.2 Å². The standard InChI is InChI=1S/C23H28FN7O5S.C2H6.H2/c1-34-17-7-3-8-18(35-2)20(17)31-21(19-9-5-11-36-19)27-28-23(31)29-37(32,33)16-6-4-10-30(14-16)22-25-12-15(24)13-26-22;1-2;/h3,7-8,12-13,16,19H,4-6,9-11,14H2,1-2H3,(H,28,29);1-2H3;1H/t16-,19-;;/m0../s1. The molecule has 0 bridgehead atoms. The second-order valence-electron chi connectivity index (χ2n) is 8.79. The first-order valence-corrected chi connectivity index (χ1v) is 14.5. The van der Waals surface area contributed by atoms with E-state index in [4.69, 9.17) is 14.2 Å². The fraction of sp³-hybridized carbons (Fsp3) is 0.520. The number of hydrogen-bond donors (Lipinski definition) is 1. The monoisotopic (exact) mass is 565 g/mol. The number of anilines is 2. The van der Waals surface area contributed by atoms with Gasteiger partial charge in [-0.25, -0.2) is 22.8 Å². The van der Waals surface area contributed by atoms with Crippen molar-refractivity contribution in [2.45, 2.75) is 50.9 Å². The predicted octanol–water partition coefficient (Wildman–Crippen LogP) is 3.75. The van der Waals surface area contributed by atoms with Crippen molar-refractivity contribution in [2.75, 3.05) is 43.5 Å². The Morgan fingerprint density at radius 1 is 1.08 bits per heavy atom. The lowest BCUT2D eigenvalue weighted by Gasteiger charge is -2.32. The van der Waals surface area contributed by atoms with Gasteiger partial charge >= 0.3 is 0 Å². The number of para-hydroxylation sites is 1. The zero-order chi connectivity index (χ0) is 28.0. The molecule has 0 unspecified atom stereocenters. The molecule has 14 heteroatoms. The number of benzene rings is 1. The van der Waals surface area contributed by atoms with E-state index < -0.39 is 21.1 Å². The molecule has 5 rings (SSSR count). The molecule has 39 heavy (non-hydrogen) atoms. The minimum Gasteiger partial charge on any atom is -0.494 e. The number of halogens is 1. The summed E-state index contributed by atoms with van der Waals surface area (Å²) in [4.78, 5) is 9.73. The van der Waals surface area contributed by atoms with Gasteiger partial charge in [0.15, 0.2) is 11.6 Å². The molecule has 0 spiro atoms. The largest absolute Gasteiger partial charge is 0.494 e. The molecule has 2 aliphatic heterocycles. The van der Waals surface area contributed by atoms with E-state index >= 15 is 0 Å². The van der Waals surface area contributed by atoms with Crippen LogP contribution in [0, 0.1) is 5.82 Å². The van der Waals surface area contributed by atoms with Crippen LogP contribution < -0.4 is 19.1 Å². The Kier molecular flexibility index (Phi) is 9.17. The topological polar surface area (TPSA) is 134 Å². The minimum absolute atomic E-state index is 0. The van der Waals surface area contributed by atoms with Crippen molar-refractivity contribution in [1.29, 1.82) is 0 Å². The number of nitrogens with one attached hydrogen (secondary N) is 1. The lowest BCUT2D eigenvalue weighted by Crippen LogP contribution is -2.45. The van der Waals surface area contributed by atoms with Gasteiger partial charge in [-0.3, -0.25) is 9.29 Å². The average Bonchev–Trinajstić information content (AvgIpc) is 3.64. The number of piperidine rings is 1. The van der Waals surface area contributed by atoms with Crippen molar-refractivity contribution in [1.82, 2.24) is 24.7 Å². The van der Waals surface area contributed by atoms with Crippen LogP contribution in [0.2, 0.25) is 0 Å². The van der Waals surface area contributed by atoms with E-state index in [0.717, 1.165) is 25.2 Å². The second kappa shape index (κ2) is 12.6. The van der Waals surface area contributed by atoms with Crippen LogP contribution in [0.1, 0.15) is 52.9 Å². The van der Waals surface area contributed by atoms with Crippen molar-refractivity contribution in [3.05, 3.63) is 42.2 Å². The summed E-state index contributed by atoms with van der Waals surface area (Å²) < 4.78 is 61.7. The van der Waals surface area contributed by atoms with Crippen LogP contribution in [0.4, 0.5) is 16.3 Å². The number of hydrogen-bond acceptors (Lipinski definition) is 10. The summed E-state index contributed by atoms with van der Waals surface area (Å²) in [5.41, 5.74) is 0.464. The Balaban J connectivity index is 0.00000144. The molecule has 12 nitrogen and oxygen atoms in total. The average molecular weight is 566 g/mol. The number of ether oxygens (including phenoxy) is 3. The molecule has 0 radical (unpaired) electrons. The van der Waals surface area contributed by atoms with E-state index in [9.17, 15) is 12.8 Å². The van der Waals surface area contributed by atoms with E-state index in [2.05, 4.69) is 24.9 Å². The maximum atomic E-state index is 13.6. The third-order valence-corrected chi connectivity index (χ3v) is 8.20. The Morgan fingerprint density at radius 2 is 1.77 bits per heavy atom. The summed E-state index contributed by atoms with van der Waals surface area (Å²) >= 11 is 0. The smallest absolute Gasteiger partial charge is 0.243 e. The minimum atomic E-state index is -3.93. The van der Waals surface area contributed by atoms with Gasteiger partial charge in [-0.05, 0) is 37.8 Å². The quantitative estimate of drug-likeness (QED) is 0.430. The van der Waals surface area contributed by atoms with E-state index in [0.29, 0.717) is 49.0 Å². The molecule has 2 atom stereocenters. The van der Waals surface area contributed by atoms with Crippen molar-refractivity contribution in [2.24, 2.45) is 0 Å². The van der Waals surface area contributed by atoms with Gasteiger partial charge < -0.3 is 19.1 Å². The molecule has 1 N–H and O–H groups in total. The van der Waals surface area contributed by atoms with Gasteiger partial charge in [0.05, 0.1) is 31.9 Å². The van der Waals surface area contributed by atoms with E-state index in [1.54, 1.807) is 27.7 Å². The molecule has 0 saturated carbocycles. The summed E-state index contributed by atoms with van der Waals surface area (Å²) in [6.07, 6.45) is 4.37. The van der Waals surface area contributed by atoms with Gasteiger partial charge in [0.25, 0.3) is 0 Å². The Hall–Kier alpha value is -3.52. The summed E-state index contributed by atoms with van der Waals surface area (Å²) in [6, 6.07) is 5.27. The molecule has 0 aliphatic carbocycles. The molecule has 214 valence electrons. The highest BCUT2D eigenvalue weighted by molar-refractivity contribution is 7.93. The highest BCUT2D eigenvalue weighted by atomic mass is 32.2. The first-order chi connectivity index (χ1) is 18.9. The molecular formula is C25H36FN7O5S. The second-order valence-corrected chi connectivity index (χ2v) is 10.7. The van der Waals surface area contributed by atoms with Crippen molar-refractivity contribution in [3.63, 3.8) is 0 Å². The molecule has 1 aromatic carbocycles. The Morgan fingerprint density at radius 3 is 2.38 bits per heavy atom. The van der Waals surface area contributed by atoms with Crippen LogP contribution in [0.15, 0.2) is 30.6 Å². The van der Waals surface area contributed by atoms with Gasteiger partial charge in [-0.15, -0.1) is 10.2 Å². The van der Waals surface area contributed by atoms with Crippen molar-refractivity contribution < 1.29 is 28.4 Å². The fourth-order valence-electron chi connectivity index (χ4n) is 4.68. The number of aromatic nitrogens is 5. The first-order valence-electron chi connectivity index (χ1n) is 12.9. The van der Waals surface area contributed by atoms with Crippen LogP contribution in [0.3, 0.4) is 0 Å². The highest BCUT2D eigenvalue weighted by Crippen LogP contribution is 2.39. The Bertz CT molecular complexity index is 1330. The molecule has 2 aromatic heterocycles. The van der Waals surface area contributed by atoms with Gasteiger partial charge in [0.2, 0.25) is 21.9 Å². The highest BCUT2D eigenvalue weighted by Gasteiger charge is 2.35. The summed E-state index contributed by atoms with van der Waals surface area (Å²) in [7, 11) is -0.892. The zero-order valence-electron chi connectivity index (χ0n) is 22.5. The van der Waals surface area contributed by atoms with Crippen LogP contribution >= 0.6 is 0 Å². The van der Waals surface area contributed by atoms with E-state index in [1.807, 2.05) is 13.8 Å². The van der Waals surface area contributed by atoms with Gasteiger partial charge in [-0.2, -0.15) is 0 Å². The number of methoxy groups -OCH3 is 2. The third-order valence-electron chi connectivity index (χ3n) is 6.47. The fourth-order valence-corrected chi connectivity index (χ4v) is 6.08. The molecule has 2 fully saturated rings. The maximum absolute atomic E-state index is 13.6. The number of sulfonamides is 1. The third kappa shape index (κ3) is 6.06. The molecular weight excluding hydrogens is 529 g/mol. The maximum Gasteiger partial charge on any atom is 0.243 e. The van der Waals surface area contributed by atoms with Crippen molar-refractivity contribution in [3.8, 4) is 17.2 Å². The Labute approximate surface area is 229 Å². The number of nitrogens with zero attached hydrogens (tertiary/aromatic N) is 6. The van der Waals surface area contributed by atoms with Gasteiger partial charge in [0.1, 0.15) is 23.3 Å². The van der Waals surface area contributed by atoms with Gasteiger partial charge in [0, 0.05) is 21.1 Å². The lowest BCUT2D eigenvalue weighted by molar-refractivity contribution is 0.103. The van der Waals surface area contributed by atoms with Crippen LogP contribution in [0.25, 0.3) is 5.69 Å². The van der Waals surface area contributed by atoms with Crippen molar-refractivity contribution >= 4 is 21.9 Å². The zero-order valence-corrected chi connectivity index (χ0v) is 23.3. The summed E-state index contributed by atoms with van der Waals surface area (Å²) in [5.74, 6) is 1.09. The summed E-state index contributed by atoms with van der Waals surface area (Å²) in [6.45, 7) is 5.28. The molecule has 2 aliphatic rings. The molecule has 2 saturated heterocycles. The van der Waals surface area contributed by atoms with Crippen LogP contribution in [0.5, 0.6) is 11.5 Å². The summed E-state index contributed by atoms with van der Waals surface area (Å²) in [5, 5.41) is 7.73. The van der Waals surface area contributed by atoms with Crippen LogP contribution in [-0.2, 0) is 14.8 Å². The molecule has 4 heterocycles. The van der Waals surface area contributed by atoms with Gasteiger partial charge in [-0.1, -0.05) is 19.9 Å². The molecule has 3 aromatic rings. The SMILES string of the molecule is CC.COc1cccc(OC)c1-n1c(NS(=O)(=O)[C@H]2CCCN(c3ncc(F)cn3)C2)nnc1[C@@H]1CCCO1.[HH]. The number of rotatable bonds is 8. The van der Waals surface area contributed by atoms with Crippen LogP contribution in [-0.4, -0.2) is 72.3 Å². The van der Waals surface area contributed by atoms with E-state index in [-0.39, 0.29) is 26.0 Å². The first kappa shape index (κ1) is 28.5. The predicted molar refractivity (Wildman–Crippen MR) is 146 cm³/mol. The molecule has 0 amide bonds.